The Morgan fingerprint density at radius 1 is 1.10 bits per heavy atom. The van der Waals surface area contributed by atoms with Crippen molar-refractivity contribution >= 4 is 5.78 Å². The number of rotatable bonds is 5. The molecule has 1 aromatic carbocycles. The van der Waals surface area contributed by atoms with E-state index in [1.165, 1.54) is 32.1 Å². The summed E-state index contributed by atoms with van der Waals surface area (Å²) in [6.07, 6.45) is 9.31. The molecular formula is C18H26O2. The van der Waals surface area contributed by atoms with Crippen molar-refractivity contribution in [3.05, 3.63) is 29.8 Å². The normalized spacial score (nSPS) is 17.2. The minimum Gasteiger partial charge on any atom is -0.493 e. The van der Waals surface area contributed by atoms with Gasteiger partial charge in [0.2, 0.25) is 0 Å². The topological polar surface area (TPSA) is 26.3 Å². The van der Waals surface area contributed by atoms with E-state index in [2.05, 4.69) is 6.92 Å². The summed E-state index contributed by atoms with van der Waals surface area (Å²) >= 11 is 0. The van der Waals surface area contributed by atoms with E-state index in [1.54, 1.807) is 0 Å². The van der Waals surface area contributed by atoms with E-state index >= 15 is 0 Å². The average molecular weight is 274 g/mol. The minimum atomic E-state index is 0.196. The molecule has 1 saturated carbocycles. The number of ketones is 1. The second kappa shape index (κ2) is 8.08. The molecule has 0 amide bonds. The van der Waals surface area contributed by atoms with Crippen LogP contribution in [0.4, 0.5) is 0 Å². The smallest absolute Gasteiger partial charge is 0.169 e. The third kappa shape index (κ3) is 4.09. The Balaban J connectivity index is 2.10. The zero-order valence-corrected chi connectivity index (χ0v) is 12.6. The van der Waals surface area contributed by atoms with E-state index in [0.29, 0.717) is 12.4 Å². The van der Waals surface area contributed by atoms with Crippen LogP contribution in [0.5, 0.6) is 5.75 Å². The summed E-state index contributed by atoms with van der Waals surface area (Å²) in [4.78, 5) is 12.8. The fraction of sp³-hybridized carbons (Fsp3) is 0.611. The Labute approximate surface area is 122 Å². The Bertz CT molecular complexity index is 417. The SMILES string of the molecule is CCCOc1ccccc1C(=O)C1CCCCCCC1. The molecule has 2 rings (SSSR count). The van der Waals surface area contributed by atoms with Crippen molar-refractivity contribution in [3.8, 4) is 5.75 Å². The van der Waals surface area contributed by atoms with Crippen molar-refractivity contribution in [2.24, 2.45) is 5.92 Å². The molecule has 1 aliphatic carbocycles. The molecule has 0 spiro atoms. The fourth-order valence-corrected chi connectivity index (χ4v) is 2.95. The molecule has 0 heterocycles. The third-order valence-electron chi connectivity index (χ3n) is 4.09. The first kappa shape index (κ1) is 15.1. The maximum absolute atomic E-state index is 12.8. The number of para-hydroxylation sites is 1. The molecule has 20 heavy (non-hydrogen) atoms. The van der Waals surface area contributed by atoms with Gasteiger partial charge in [0, 0.05) is 5.92 Å². The van der Waals surface area contributed by atoms with Gasteiger partial charge in [0.15, 0.2) is 5.78 Å². The first-order chi connectivity index (χ1) is 9.83. The van der Waals surface area contributed by atoms with E-state index in [-0.39, 0.29) is 5.92 Å². The number of Topliss-reactive ketones (excluding diaryl/α,β-unsaturated/α-hetero) is 1. The minimum absolute atomic E-state index is 0.196. The Hall–Kier alpha value is -1.31. The van der Waals surface area contributed by atoms with E-state index in [9.17, 15) is 4.79 Å². The van der Waals surface area contributed by atoms with Crippen LogP contribution in [0, 0.1) is 5.92 Å². The number of benzene rings is 1. The molecule has 110 valence electrons. The third-order valence-corrected chi connectivity index (χ3v) is 4.09. The van der Waals surface area contributed by atoms with Crippen LogP contribution in [0.3, 0.4) is 0 Å². The van der Waals surface area contributed by atoms with Crippen LogP contribution in [0.25, 0.3) is 0 Å². The summed E-state index contributed by atoms with van der Waals surface area (Å²) in [5, 5.41) is 0. The van der Waals surface area contributed by atoms with Gasteiger partial charge in [0.1, 0.15) is 5.75 Å². The molecule has 0 unspecified atom stereocenters. The zero-order valence-electron chi connectivity index (χ0n) is 12.6. The second-order valence-corrected chi connectivity index (χ2v) is 5.75. The number of carbonyl (C=O) groups is 1. The molecule has 1 fully saturated rings. The summed E-state index contributed by atoms with van der Waals surface area (Å²) in [6, 6.07) is 7.73. The summed E-state index contributed by atoms with van der Waals surface area (Å²) in [7, 11) is 0. The predicted molar refractivity (Wildman–Crippen MR) is 82.4 cm³/mol. The van der Waals surface area contributed by atoms with Gasteiger partial charge in [-0.2, -0.15) is 0 Å². The van der Waals surface area contributed by atoms with Crippen molar-refractivity contribution in [2.45, 2.75) is 58.3 Å². The van der Waals surface area contributed by atoms with Gasteiger partial charge in [0.25, 0.3) is 0 Å². The van der Waals surface area contributed by atoms with E-state index in [4.69, 9.17) is 4.74 Å². The molecule has 1 aliphatic rings. The van der Waals surface area contributed by atoms with Crippen molar-refractivity contribution in [2.75, 3.05) is 6.61 Å². The lowest BCUT2D eigenvalue weighted by atomic mass is 9.85. The molecule has 0 saturated heterocycles. The molecule has 2 heteroatoms. The molecule has 0 aliphatic heterocycles. The summed E-state index contributed by atoms with van der Waals surface area (Å²) < 4.78 is 5.73. The second-order valence-electron chi connectivity index (χ2n) is 5.75. The molecule has 1 aromatic rings. The maximum Gasteiger partial charge on any atom is 0.169 e. The van der Waals surface area contributed by atoms with Gasteiger partial charge in [-0.25, -0.2) is 0 Å². The molecule has 0 bridgehead atoms. The summed E-state index contributed by atoms with van der Waals surface area (Å²) in [6.45, 7) is 2.76. The van der Waals surface area contributed by atoms with Crippen LogP contribution >= 0.6 is 0 Å². The summed E-state index contributed by atoms with van der Waals surface area (Å²) in [5.74, 6) is 1.25. The van der Waals surface area contributed by atoms with Crippen molar-refractivity contribution in [3.63, 3.8) is 0 Å². The van der Waals surface area contributed by atoms with Gasteiger partial charge >= 0.3 is 0 Å². The van der Waals surface area contributed by atoms with E-state index in [1.807, 2.05) is 24.3 Å². The maximum atomic E-state index is 12.8. The van der Waals surface area contributed by atoms with Crippen molar-refractivity contribution < 1.29 is 9.53 Å². The highest BCUT2D eigenvalue weighted by Gasteiger charge is 2.23. The van der Waals surface area contributed by atoms with Crippen LogP contribution in [0.2, 0.25) is 0 Å². The van der Waals surface area contributed by atoms with Gasteiger partial charge in [0.05, 0.1) is 12.2 Å². The number of carbonyl (C=O) groups excluding carboxylic acids is 1. The van der Waals surface area contributed by atoms with Crippen molar-refractivity contribution in [1.29, 1.82) is 0 Å². The lowest BCUT2D eigenvalue weighted by Crippen LogP contribution is -2.17. The quantitative estimate of drug-likeness (QED) is 0.705. The standard InChI is InChI=1S/C18H26O2/c1-2-14-20-17-13-9-8-12-16(17)18(19)15-10-6-4-3-5-7-11-15/h8-9,12-13,15H,2-7,10-11,14H2,1H3. The Morgan fingerprint density at radius 2 is 1.75 bits per heavy atom. The molecule has 0 radical (unpaired) electrons. The average Bonchev–Trinajstić information content (AvgIpc) is 2.44. The van der Waals surface area contributed by atoms with Crippen LogP contribution in [-0.4, -0.2) is 12.4 Å². The van der Waals surface area contributed by atoms with Crippen LogP contribution in [0.15, 0.2) is 24.3 Å². The molecule has 0 aromatic heterocycles. The molecule has 2 nitrogen and oxygen atoms in total. The van der Waals surface area contributed by atoms with Gasteiger partial charge in [-0.05, 0) is 31.4 Å². The zero-order chi connectivity index (χ0) is 14.2. The van der Waals surface area contributed by atoms with Crippen LogP contribution < -0.4 is 4.74 Å². The highest BCUT2D eigenvalue weighted by molar-refractivity contribution is 6.00. The molecule has 0 N–H and O–H groups in total. The van der Waals surface area contributed by atoms with E-state index < -0.39 is 0 Å². The monoisotopic (exact) mass is 274 g/mol. The fourth-order valence-electron chi connectivity index (χ4n) is 2.95. The Kier molecular flexibility index (Phi) is 6.10. The first-order valence-electron chi connectivity index (χ1n) is 8.09. The first-order valence-corrected chi connectivity index (χ1v) is 8.09. The van der Waals surface area contributed by atoms with Crippen LogP contribution in [0.1, 0.15) is 68.6 Å². The van der Waals surface area contributed by atoms with Gasteiger partial charge in [-0.3, -0.25) is 4.79 Å². The number of hydrogen-bond acceptors (Lipinski definition) is 2. The Morgan fingerprint density at radius 3 is 2.45 bits per heavy atom. The number of hydrogen-bond donors (Lipinski definition) is 0. The van der Waals surface area contributed by atoms with Gasteiger partial charge in [-0.1, -0.05) is 51.2 Å². The van der Waals surface area contributed by atoms with Crippen molar-refractivity contribution in [1.82, 2.24) is 0 Å². The lowest BCUT2D eigenvalue weighted by Gasteiger charge is -2.20. The highest BCUT2D eigenvalue weighted by Crippen LogP contribution is 2.29. The van der Waals surface area contributed by atoms with Gasteiger partial charge in [-0.15, -0.1) is 0 Å². The van der Waals surface area contributed by atoms with E-state index in [0.717, 1.165) is 30.6 Å². The molecule has 0 atom stereocenters. The largest absolute Gasteiger partial charge is 0.493 e. The predicted octanol–water partition coefficient (Wildman–Crippen LogP) is 5.02. The number of ether oxygens (including phenoxy) is 1. The lowest BCUT2D eigenvalue weighted by molar-refractivity contribution is 0.0894. The van der Waals surface area contributed by atoms with Gasteiger partial charge < -0.3 is 4.74 Å². The highest BCUT2D eigenvalue weighted by atomic mass is 16.5. The van der Waals surface area contributed by atoms with Crippen LogP contribution in [-0.2, 0) is 0 Å². The molecular weight excluding hydrogens is 248 g/mol. The summed E-state index contributed by atoms with van der Waals surface area (Å²) in [5.41, 5.74) is 0.784.